The van der Waals surface area contributed by atoms with Crippen molar-refractivity contribution in [2.45, 2.75) is 546 Å². The van der Waals surface area contributed by atoms with E-state index in [9.17, 15) is 25.5 Å². The zero-order chi connectivity index (χ0) is 105. The molecule has 44 atom stereocenters. The first-order valence-corrected chi connectivity index (χ1v) is 65.2. The average molecular weight is 2010 g/mol. The van der Waals surface area contributed by atoms with E-state index < -0.39 is 0 Å². The summed E-state index contributed by atoms with van der Waals surface area (Å²) in [6.07, 6.45) is 86.8. The lowest BCUT2D eigenvalue weighted by atomic mass is 9.47. The second-order valence-corrected chi connectivity index (χ2v) is 62.4. The van der Waals surface area contributed by atoms with Crippen LogP contribution in [0.2, 0.25) is 0 Å². The Hall–Kier alpha value is -2.02. The van der Waals surface area contributed by atoms with Crippen LogP contribution in [0.4, 0.5) is 0 Å². The third kappa shape index (κ3) is 22.5. The lowest BCUT2D eigenvalue weighted by Gasteiger charge is -2.58. The zero-order valence-electron chi connectivity index (χ0n) is 101. The molecule has 40 unspecified atom stereocenters. The topological polar surface area (TPSA) is 101 Å². The lowest BCUT2D eigenvalue weighted by molar-refractivity contribution is -0.0575. The molecule has 832 valence electrons. The quantitative estimate of drug-likeness (QED) is 0.0587. The van der Waals surface area contributed by atoms with Crippen LogP contribution in [0, 0.1) is 255 Å². The molecule has 5 heteroatoms. The van der Waals surface area contributed by atoms with Gasteiger partial charge in [-0.1, -0.05) is 328 Å². The molecule has 0 aromatic rings. The Morgan fingerprint density at radius 1 is 0.260 bits per heavy atom. The molecule has 20 rings (SSSR count). The summed E-state index contributed by atoms with van der Waals surface area (Å²) >= 11 is 0. The zero-order valence-corrected chi connectivity index (χ0v) is 101. The van der Waals surface area contributed by atoms with Gasteiger partial charge in [-0.2, -0.15) is 0 Å². The van der Waals surface area contributed by atoms with Crippen molar-refractivity contribution in [2.75, 3.05) is 0 Å². The van der Waals surface area contributed by atoms with Gasteiger partial charge in [0.1, 0.15) is 0 Å². The van der Waals surface area contributed by atoms with Crippen LogP contribution in [0.25, 0.3) is 0 Å². The van der Waals surface area contributed by atoms with E-state index in [2.05, 4.69) is 255 Å². The first-order chi connectivity index (χ1) is 69.0. The molecule has 0 spiro atoms. The van der Waals surface area contributed by atoms with Crippen LogP contribution in [0.3, 0.4) is 0 Å². The van der Waals surface area contributed by atoms with Gasteiger partial charge < -0.3 is 25.5 Å². The fourth-order valence-electron chi connectivity index (χ4n) is 43.7. The number of aliphatic hydroxyl groups excluding tert-OH is 5. The molecule has 20 aliphatic rings. The van der Waals surface area contributed by atoms with Crippen molar-refractivity contribution in [3.63, 3.8) is 0 Å². The summed E-state index contributed by atoms with van der Waals surface area (Å²) in [5.74, 6) is 29.3. The highest BCUT2D eigenvalue weighted by Gasteiger charge is 2.67. The Bertz CT molecular complexity index is 4460. The Balaban J connectivity index is 0.000000131. The van der Waals surface area contributed by atoms with Crippen molar-refractivity contribution in [2.24, 2.45) is 255 Å². The van der Waals surface area contributed by atoms with Crippen molar-refractivity contribution in [1.82, 2.24) is 0 Å². The maximum atomic E-state index is 10.2. The van der Waals surface area contributed by atoms with Crippen LogP contribution >= 0.6 is 0 Å². The van der Waals surface area contributed by atoms with Gasteiger partial charge in [0, 0.05) is 0 Å². The largest absolute Gasteiger partial charge is 0.393 e. The van der Waals surface area contributed by atoms with Crippen LogP contribution in [0.5, 0.6) is 0 Å². The summed E-state index contributed by atoms with van der Waals surface area (Å²) in [4.78, 5) is 0. The number of aliphatic hydroxyl groups is 5. The smallest absolute Gasteiger partial charge is 0.0577 e. The fourth-order valence-corrected chi connectivity index (χ4v) is 43.7. The third-order valence-electron chi connectivity index (χ3n) is 54.0. The average Bonchev–Trinajstić information content (AvgIpc) is 1.45. The van der Waals surface area contributed by atoms with Crippen molar-refractivity contribution in [3.05, 3.63) is 82.5 Å². The number of allylic oxidation sites excluding steroid dienone is 9. The molecule has 0 aliphatic heterocycles. The number of fused-ring (bicyclic) bond motifs is 25. The monoisotopic (exact) mass is 2010 g/mol. The van der Waals surface area contributed by atoms with E-state index in [1.165, 1.54) is 250 Å². The summed E-state index contributed by atoms with van der Waals surface area (Å²) < 4.78 is 0. The minimum atomic E-state index is -0.0870. The Morgan fingerprint density at radius 3 is 0.795 bits per heavy atom. The molecule has 5 nitrogen and oxygen atoms in total. The van der Waals surface area contributed by atoms with Gasteiger partial charge in [0.15, 0.2) is 0 Å². The first kappa shape index (κ1) is 116. The molecule has 0 radical (unpaired) electrons. The molecule has 15 fully saturated rings. The minimum Gasteiger partial charge on any atom is -0.393 e. The van der Waals surface area contributed by atoms with Gasteiger partial charge in [-0.3, -0.25) is 0 Å². The molecule has 5 N–H and O–H groups in total. The molecule has 0 saturated heterocycles. The van der Waals surface area contributed by atoms with E-state index in [1.807, 2.05) is 0 Å². The predicted octanol–water partition coefficient (Wildman–Crippen LogP) is 38.3. The summed E-state index contributed by atoms with van der Waals surface area (Å²) in [6, 6.07) is 0. The Kier molecular flexibility index (Phi) is 37.4. The molecule has 0 bridgehead atoms. The third-order valence-corrected chi connectivity index (χ3v) is 54.0. The molecule has 0 aromatic carbocycles. The van der Waals surface area contributed by atoms with Crippen LogP contribution in [-0.4, -0.2) is 56.1 Å². The van der Waals surface area contributed by atoms with Gasteiger partial charge in [0.05, 0.1) is 30.5 Å². The highest BCUT2D eigenvalue weighted by Crippen LogP contribution is 2.75. The van der Waals surface area contributed by atoms with E-state index in [0.29, 0.717) is 71.9 Å². The first-order valence-electron chi connectivity index (χ1n) is 65.2. The van der Waals surface area contributed by atoms with Gasteiger partial charge >= 0.3 is 0 Å². The van der Waals surface area contributed by atoms with Gasteiger partial charge in [-0.15, -0.1) is 0 Å². The normalized spacial score (nSPS) is 46.1. The van der Waals surface area contributed by atoms with E-state index >= 15 is 0 Å². The number of hydrogen-bond donors (Lipinski definition) is 5. The van der Waals surface area contributed by atoms with Gasteiger partial charge in [-0.05, 0) is 525 Å². The minimum absolute atomic E-state index is 0.0766. The van der Waals surface area contributed by atoms with Gasteiger partial charge in [0.25, 0.3) is 0 Å². The molecule has 0 heterocycles. The van der Waals surface area contributed by atoms with E-state index in [1.54, 1.807) is 27.9 Å². The van der Waals surface area contributed by atoms with Crippen LogP contribution < -0.4 is 0 Å². The predicted molar refractivity (Wildman–Crippen MR) is 622 cm³/mol. The Morgan fingerprint density at radius 2 is 0.534 bits per heavy atom. The van der Waals surface area contributed by atoms with Crippen LogP contribution in [-0.2, 0) is 0 Å². The highest BCUT2D eigenvalue weighted by molar-refractivity contribution is 5.32. The molecule has 0 aromatic heterocycles. The second kappa shape index (κ2) is 46.9. The fraction of sp³-hybridized carbons (Fsp3) is 0.901. The SMILES string of the molecule is CC(/C=C/[C@H](C)C(C)C)C1CCC2C3CC=C4CC(O)CCC4(C)C3CCC12C.CC(C)CCCC(C)C1CCC2C3CC=C4CC(O)CCC4(C)C3CCC12C.CC(CC[C@H](C)C(C)C)C1CCC2C3CC=C4CC(O)CCC4(C)C3CCC12C.CC[C@H](/C=C/C(C)C1CCC2C3CC=C4CC(O)CCC4(C)C3CCC12C)C(C)C.CC[C@H](CCC(C)C1CCC2C3CC=C4CC(O)CCC4(C)C3CCC12C)C(C)C. The maximum absolute atomic E-state index is 10.2. The van der Waals surface area contributed by atoms with E-state index in [0.717, 1.165) is 248 Å². The lowest BCUT2D eigenvalue weighted by Crippen LogP contribution is -2.50. The van der Waals surface area contributed by atoms with Gasteiger partial charge in [-0.25, -0.2) is 0 Å². The standard InChI is InChI=1S/C29H50O.C29H48O.C28H48O.C28H46O.C27H46O/c2*1-7-21(19(2)3)9-8-20(4)25-12-13-26-24-11-10-22-18-23(30)14-16-28(22,5)27(24)15-17-29(25,26)6;2*1-18(2)19(3)7-8-20(4)24-11-12-25-23-10-9-21-17-22(29)13-15-27(21,5)26(23)14-16-28(24,25)6;1-18(2)7-6-8-19(3)23-11-12-24-22-10-9-20-17-21(28)13-15-26(20,4)25(22)14-16-27(23,24)5/h10,19-21,23-27,30H,7-9,11-18H2,1-6H3;8-10,19-21,23-27,30H,7,11-18H2,1-6H3;9,18-20,22-26,29H,7-8,10-17H2,1-6H3;7-9,18-20,22-26,29H,10-17H2,1-6H3;9,18-19,21-25,28H,6-8,10-17H2,1-5H3/b;9-8+;;8-7+;/t2*20?,21-,23?,24?,25?,26?,27?,28?,29?;2*19-,20?,22?,23?,24?,25?,26?,27?,28?;/m1100./s1. The second-order valence-electron chi connectivity index (χ2n) is 62.4. The molecule has 15 saturated carbocycles. The van der Waals surface area contributed by atoms with E-state index in [-0.39, 0.29) is 30.5 Å². The van der Waals surface area contributed by atoms with Crippen LogP contribution in [0.1, 0.15) is 515 Å². The summed E-state index contributed by atoms with van der Waals surface area (Å²) in [5.41, 5.74) is 12.8. The summed E-state index contributed by atoms with van der Waals surface area (Å²) in [5, 5.41) is 51.1. The van der Waals surface area contributed by atoms with E-state index in [4.69, 9.17) is 0 Å². The summed E-state index contributed by atoms with van der Waals surface area (Å²) in [6.45, 7) is 72.3. The van der Waals surface area contributed by atoms with Gasteiger partial charge in [0.2, 0.25) is 0 Å². The number of rotatable bonds is 25. The number of hydrogen-bond acceptors (Lipinski definition) is 5. The highest BCUT2D eigenvalue weighted by atomic mass is 16.3. The molecular formula is C141H238O5. The van der Waals surface area contributed by atoms with Crippen molar-refractivity contribution < 1.29 is 25.5 Å². The summed E-state index contributed by atoms with van der Waals surface area (Å²) in [7, 11) is 0. The van der Waals surface area contributed by atoms with Crippen molar-refractivity contribution in [3.8, 4) is 0 Å². The molecule has 0 amide bonds. The van der Waals surface area contributed by atoms with Crippen molar-refractivity contribution >= 4 is 0 Å². The molecule has 146 heavy (non-hydrogen) atoms. The molecule has 20 aliphatic carbocycles. The van der Waals surface area contributed by atoms with Crippen LogP contribution in [0.15, 0.2) is 82.5 Å². The maximum Gasteiger partial charge on any atom is 0.0577 e. The Labute approximate surface area is 903 Å². The molecular weight excluding hydrogens is 1770 g/mol. The van der Waals surface area contributed by atoms with Crippen molar-refractivity contribution in [1.29, 1.82) is 0 Å².